The smallest absolute Gasteiger partial charge is 0.143 e. The summed E-state index contributed by atoms with van der Waals surface area (Å²) in [5.74, 6) is 1.07. The predicted molar refractivity (Wildman–Crippen MR) is 202 cm³/mol. The lowest BCUT2D eigenvalue weighted by Crippen LogP contribution is -2.38. The van der Waals surface area contributed by atoms with Crippen molar-refractivity contribution in [1.29, 1.82) is 0 Å². The molecule has 3 aliphatic rings. The van der Waals surface area contributed by atoms with E-state index in [9.17, 15) is 0 Å². The number of allylic oxidation sites excluding steroid dienone is 3. The van der Waals surface area contributed by atoms with E-state index in [1.807, 2.05) is 0 Å². The molecule has 0 fully saturated rings. The Morgan fingerprint density at radius 2 is 1.71 bits per heavy atom. The zero-order valence-electron chi connectivity index (χ0n) is 28.3. The molecule has 2 aliphatic carbocycles. The van der Waals surface area contributed by atoms with Gasteiger partial charge in [0.25, 0.3) is 0 Å². The van der Waals surface area contributed by atoms with Crippen LogP contribution in [-0.4, -0.2) is 13.3 Å². The first-order chi connectivity index (χ1) is 23.3. The van der Waals surface area contributed by atoms with Crippen LogP contribution >= 0.6 is 0 Å². The van der Waals surface area contributed by atoms with Crippen LogP contribution in [-0.2, 0) is 12.8 Å². The third kappa shape index (κ3) is 4.56. The van der Waals surface area contributed by atoms with Crippen molar-refractivity contribution in [2.75, 3.05) is 5.32 Å². The molecule has 3 heterocycles. The van der Waals surface area contributed by atoms with Crippen molar-refractivity contribution in [3.63, 3.8) is 0 Å². The Morgan fingerprint density at radius 1 is 0.854 bits per heavy atom. The minimum atomic E-state index is -0.706. The zero-order chi connectivity index (χ0) is 32.7. The molecule has 0 saturated heterocycles. The molecule has 1 aliphatic heterocycles. The number of rotatable bonds is 6. The molecule has 3 nitrogen and oxygen atoms in total. The highest BCUT2D eigenvalue weighted by atomic mass is 16.3. The van der Waals surface area contributed by atoms with Crippen LogP contribution in [0, 0.1) is 13.8 Å². The molecule has 4 heteroatoms. The number of unbranched alkanes of at least 4 members (excludes halogenated alkanes) is 1. The molecule has 0 saturated carbocycles. The second-order valence-corrected chi connectivity index (χ2v) is 14.3. The maximum Gasteiger partial charge on any atom is 0.143 e. The second-order valence-electron chi connectivity index (χ2n) is 14.3. The van der Waals surface area contributed by atoms with Gasteiger partial charge in [0.2, 0.25) is 0 Å². The molecular formula is C44H40BNO2. The number of anilines is 1. The van der Waals surface area contributed by atoms with Gasteiger partial charge in [-0.05, 0) is 116 Å². The molecule has 9 rings (SSSR count). The standard InChI is InChI=1S/C44H40BNO2/c1-5-7-8-28-10-14-41-34(22-28)35-19-26(4)18-31(42(35)48-41)29-11-12-39-37(23-29)38-24-30(15-16-44(38,45)46-39)32-20-27(6-2)21-36-33-17-25(3)9-13-40(33)47-43(32)36/h9,11-13,15-24,38,46H,5-8,10,14H2,1-4H3. The number of furan rings is 2. The average molecular weight is 626 g/mol. The maximum absolute atomic E-state index is 7.13. The largest absolute Gasteiger partial charge is 0.460 e. The number of aryl methyl sites for hydroxylation is 4. The summed E-state index contributed by atoms with van der Waals surface area (Å²) in [5, 5.41) is 7.22. The van der Waals surface area contributed by atoms with Gasteiger partial charge in [0, 0.05) is 56.3 Å². The summed E-state index contributed by atoms with van der Waals surface area (Å²) in [6.07, 6.45) is 15.7. The SMILES string of the molecule is [B]C12C=CC(c3cc(CC)cc4c3oc3ccc(C)cc34)=CC1c1cc(-c3cc(C)cc4c5c(oc34)CCC(CCCC)=C5)ccc1N2. The second kappa shape index (κ2) is 10.9. The van der Waals surface area contributed by atoms with E-state index in [0.29, 0.717) is 0 Å². The third-order valence-corrected chi connectivity index (χ3v) is 10.9. The summed E-state index contributed by atoms with van der Waals surface area (Å²) in [7, 11) is 7.13. The van der Waals surface area contributed by atoms with Crippen molar-refractivity contribution < 1.29 is 8.83 Å². The Morgan fingerprint density at radius 3 is 2.56 bits per heavy atom. The Hall–Kier alpha value is -4.70. The van der Waals surface area contributed by atoms with E-state index < -0.39 is 5.44 Å². The number of hydrogen-bond donors (Lipinski definition) is 1. The highest BCUT2D eigenvalue weighted by Gasteiger charge is 2.41. The van der Waals surface area contributed by atoms with Crippen LogP contribution in [0.15, 0.2) is 93.3 Å². The third-order valence-electron chi connectivity index (χ3n) is 10.9. The fourth-order valence-electron chi connectivity index (χ4n) is 8.28. The summed E-state index contributed by atoms with van der Waals surface area (Å²) < 4.78 is 13.2. The lowest BCUT2D eigenvalue weighted by molar-refractivity contribution is 0.540. The Bertz CT molecular complexity index is 2400. The van der Waals surface area contributed by atoms with E-state index >= 15 is 0 Å². The van der Waals surface area contributed by atoms with Crippen molar-refractivity contribution in [2.45, 2.75) is 77.6 Å². The van der Waals surface area contributed by atoms with Gasteiger partial charge in [-0.1, -0.05) is 67.8 Å². The number of hydrogen-bond acceptors (Lipinski definition) is 3. The van der Waals surface area contributed by atoms with Gasteiger partial charge in [-0.3, -0.25) is 0 Å². The predicted octanol–water partition coefficient (Wildman–Crippen LogP) is 11.7. The quantitative estimate of drug-likeness (QED) is 0.187. The van der Waals surface area contributed by atoms with Crippen molar-refractivity contribution in [1.82, 2.24) is 0 Å². The normalized spacial score (nSPS) is 19.7. The molecule has 1 N–H and O–H groups in total. The first-order valence-corrected chi connectivity index (χ1v) is 17.7. The Labute approximate surface area is 283 Å². The van der Waals surface area contributed by atoms with Crippen LogP contribution in [0.1, 0.15) is 84.6 Å². The maximum atomic E-state index is 7.13. The van der Waals surface area contributed by atoms with Crippen molar-refractivity contribution in [3.05, 3.63) is 124 Å². The molecule has 6 aromatic rings. The Balaban J connectivity index is 1.16. The fraction of sp³-hybridized carbons (Fsp3) is 0.273. The van der Waals surface area contributed by atoms with Gasteiger partial charge in [0.15, 0.2) is 0 Å². The summed E-state index contributed by atoms with van der Waals surface area (Å²) in [6, 6.07) is 22.3. The summed E-state index contributed by atoms with van der Waals surface area (Å²) >= 11 is 0. The summed E-state index contributed by atoms with van der Waals surface area (Å²) in [4.78, 5) is 0. The number of nitrogens with one attached hydrogen (secondary N) is 1. The van der Waals surface area contributed by atoms with Crippen LogP contribution in [0.3, 0.4) is 0 Å². The van der Waals surface area contributed by atoms with Gasteiger partial charge >= 0.3 is 0 Å². The summed E-state index contributed by atoms with van der Waals surface area (Å²) in [5.41, 5.74) is 15.6. The van der Waals surface area contributed by atoms with Crippen LogP contribution in [0.2, 0.25) is 0 Å². The van der Waals surface area contributed by atoms with Gasteiger partial charge in [0.1, 0.15) is 30.4 Å². The molecule has 4 aromatic carbocycles. The van der Waals surface area contributed by atoms with E-state index in [4.69, 9.17) is 16.7 Å². The summed E-state index contributed by atoms with van der Waals surface area (Å²) in [6.45, 7) is 8.81. The molecular weight excluding hydrogens is 585 g/mol. The highest BCUT2D eigenvalue weighted by molar-refractivity contribution is 6.21. The van der Waals surface area contributed by atoms with Gasteiger partial charge in [-0.15, -0.1) is 0 Å². The first kappa shape index (κ1) is 29.4. The monoisotopic (exact) mass is 625 g/mol. The van der Waals surface area contributed by atoms with E-state index in [-0.39, 0.29) is 5.92 Å². The molecule has 2 aromatic heterocycles. The molecule has 2 atom stereocenters. The van der Waals surface area contributed by atoms with E-state index in [0.717, 1.165) is 69.7 Å². The molecule has 0 amide bonds. The minimum Gasteiger partial charge on any atom is -0.460 e. The van der Waals surface area contributed by atoms with Gasteiger partial charge in [-0.2, -0.15) is 0 Å². The van der Waals surface area contributed by atoms with Gasteiger partial charge < -0.3 is 14.2 Å². The molecule has 0 spiro atoms. The van der Waals surface area contributed by atoms with Crippen LogP contribution in [0.25, 0.3) is 55.7 Å². The fourth-order valence-corrected chi connectivity index (χ4v) is 8.28. The molecule has 48 heavy (non-hydrogen) atoms. The average Bonchev–Trinajstić information content (AvgIpc) is 3.74. The lowest BCUT2D eigenvalue weighted by atomic mass is 9.65. The Kier molecular flexibility index (Phi) is 6.70. The van der Waals surface area contributed by atoms with Crippen molar-refractivity contribution >= 4 is 58.1 Å². The van der Waals surface area contributed by atoms with Gasteiger partial charge in [0.05, 0.1) is 0 Å². The highest BCUT2D eigenvalue weighted by Crippen LogP contribution is 2.50. The van der Waals surface area contributed by atoms with E-state index in [2.05, 4.69) is 118 Å². The lowest BCUT2D eigenvalue weighted by Gasteiger charge is -2.32. The van der Waals surface area contributed by atoms with Crippen molar-refractivity contribution in [3.8, 4) is 11.1 Å². The number of benzene rings is 4. The molecule has 2 unspecified atom stereocenters. The van der Waals surface area contributed by atoms with Crippen LogP contribution in [0.4, 0.5) is 5.69 Å². The zero-order valence-corrected chi connectivity index (χ0v) is 28.3. The first-order valence-electron chi connectivity index (χ1n) is 17.7. The minimum absolute atomic E-state index is 0.0476. The molecule has 236 valence electrons. The van der Waals surface area contributed by atoms with Gasteiger partial charge in [-0.25, -0.2) is 0 Å². The van der Waals surface area contributed by atoms with Crippen LogP contribution < -0.4 is 5.32 Å². The topological polar surface area (TPSA) is 38.3 Å². The van der Waals surface area contributed by atoms with E-state index in [1.165, 1.54) is 63.2 Å². The van der Waals surface area contributed by atoms with Crippen LogP contribution in [0.5, 0.6) is 0 Å². The van der Waals surface area contributed by atoms with E-state index in [1.54, 1.807) is 5.57 Å². The molecule has 0 bridgehead atoms. The number of fused-ring (bicyclic) bond motifs is 9. The molecule has 2 radical (unpaired) electrons. The van der Waals surface area contributed by atoms with Crippen molar-refractivity contribution in [2.24, 2.45) is 0 Å².